The molecule has 2 fully saturated rings. The number of alkyl halides is 1. The highest BCUT2D eigenvalue weighted by molar-refractivity contribution is 9.09. The number of rotatable bonds is 1. The molecule has 1 heterocycles. The van der Waals surface area contributed by atoms with E-state index < -0.39 is 0 Å². The number of hydrogen-bond acceptors (Lipinski definition) is 1. The van der Waals surface area contributed by atoms with Crippen LogP contribution in [0.5, 0.6) is 0 Å². The van der Waals surface area contributed by atoms with Crippen molar-refractivity contribution in [1.29, 1.82) is 0 Å². The topological polar surface area (TPSA) is 9.23 Å². The molecule has 0 amide bonds. The average Bonchev–Trinajstić information content (AvgIpc) is 2.63. The van der Waals surface area contributed by atoms with Gasteiger partial charge in [-0.1, -0.05) is 15.9 Å². The number of hydrogen-bond donors (Lipinski definition) is 0. The molecule has 0 bridgehead atoms. The van der Waals surface area contributed by atoms with E-state index in [9.17, 15) is 0 Å². The van der Waals surface area contributed by atoms with Crippen molar-refractivity contribution in [2.24, 2.45) is 11.3 Å². The van der Waals surface area contributed by atoms with E-state index in [2.05, 4.69) is 22.9 Å². The van der Waals surface area contributed by atoms with Crippen molar-refractivity contribution < 1.29 is 4.74 Å². The number of ether oxygens (including phenoxy) is 1. The van der Waals surface area contributed by atoms with Gasteiger partial charge in [-0.25, -0.2) is 0 Å². The second kappa shape index (κ2) is 2.74. The summed E-state index contributed by atoms with van der Waals surface area (Å²) in [5, 5.41) is 1.19. The fourth-order valence-electron chi connectivity index (χ4n) is 2.40. The molecule has 1 aliphatic carbocycles. The smallest absolute Gasteiger partial charge is 0.0552 e. The molecule has 2 heteroatoms. The molecule has 1 spiro atoms. The molecule has 0 aromatic rings. The molecular formula is C9H15BrO. The van der Waals surface area contributed by atoms with Crippen LogP contribution in [0.3, 0.4) is 0 Å². The van der Waals surface area contributed by atoms with Crippen LogP contribution in [0.2, 0.25) is 0 Å². The first-order valence-electron chi connectivity index (χ1n) is 4.44. The first kappa shape index (κ1) is 8.06. The van der Waals surface area contributed by atoms with E-state index in [4.69, 9.17) is 4.74 Å². The van der Waals surface area contributed by atoms with E-state index >= 15 is 0 Å². The lowest BCUT2D eigenvalue weighted by Gasteiger charge is -2.28. The summed E-state index contributed by atoms with van der Waals surface area (Å²) in [4.78, 5) is 0. The van der Waals surface area contributed by atoms with Gasteiger partial charge in [-0.05, 0) is 37.5 Å². The Hall–Kier alpha value is 0.440. The minimum absolute atomic E-state index is 0.507. The zero-order chi connectivity index (χ0) is 7.90. The van der Waals surface area contributed by atoms with E-state index in [1.165, 1.54) is 24.6 Å². The summed E-state index contributed by atoms with van der Waals surface area (Å²) >= 11 is 3.57. The molecule has 2 aliphatic rings. The van der Waals surface area contributed by atoms with E-state index in [0.29, 0.717) is 11.5 Å². The summed E-state index contributed by atoms with van der Waals surface area (Å²) < 4.78 is 5.53. The predicted octanol–water partition coefficient (Wildman–Crippen LogP) is 2.59. The van der Waals surface area contributed by atoms with E-state index in [-0.39, 0.29) is 0 Å². The average molecular weight is 219 g/mol. The summed E-state index contributed by atoms with van der Waals surface area (Å²) in [6.07, 6.45) is 4.54. The summed E-state index contributed by atoms with van der Waals surface area (Å²) in [6, 6.07) is 0. The monoisotopic (exact) mass is 218 g/mol. The molecule has 1 nitrogen and oxygen atoms in total. The Bertz CT molecular complexity index is 160. The molecule has 64 valence electrons. The molecule has 11 heavy (non-hydrogen) atoms. The lowest BCUT2D eigenvalue weighted by atomic mass is 9.91. The largest absolute Gasteiger partial charge is 0.378 e. The third kappa shape index (κ3) is 1.35. The quantitative estimate of drug-likeness (QED) is 0.616. The lowest BCUT2D eigenvalue weighted by molar-refractivity contribution is -0.00851. The standard InChI is InChI=1S/C9H15BrO/c1-7-4-9(2-3-11-7)5-8(9)6-10/h7-8H,2-6H2,1H3. The van der Waals surface area contributed by atoms with Crippen molar-refractivity contribution >= 4 is 15.9 Å². The second-order valence-corrected chi connectivity index (χ2v) is 4.70. The van der Waals surface area contributed by atoms with Crippen LogP contribution in [0.1, 0.15) is 26.2 Å². The summed E-state index contributed by atoms with van der Waals surface area (Å²) in [5.74, 6) is 0.953. The van der Waals surface area contributed by atoms with Gasteiger partial charge in [-0.15, -0.1) is 0 Å². The van der Waals surface area contributed by atoms with Crippen molar-refractivity contribution in [2.45, 2.75) is 32.3 Å². The molecule has 0 N–H and O–H groups in total. The van der Waals surface area contributed by atoms with E-state index in [0.717, 1.165) is 12.5 Å². The molecule has 1 aliphatic heterocycles. The maximum absolute atomic E-state index is 5.53. The zero-order valence-electron chi connectivity index (χ0n) is 6.98. The zero-order valence-corrected chi connectivity index (χ0v) is 8.56. The van der Waals surface area contributed by atoms with Crippen LogP contribution >= 0.6 is 15.9 Å². The van der Waals surface area contributed by atoms with Gasteiger partial charge in [-0.2, -0.15) is 0 Å². The first-order chi connectivity index (χ1) is 5.27. The minimum Gasteiger partial charge on any atom is -0.378 e. The van der Waals surface area contributed by atoms with Gasteiger partial charge in [0.05, 0.1) is 6.10 Å². The molecule has 0 radical (unpaired) electrons. The van der Waals surface area contributed by atoms with Crippen LogP contribution in [-0.4, -0.2) is 18.0 Å². The van der Waals surface area contributed by atoms with Crippen LogP contribution in [0.4, 0.5) is 0 Å². The van der Waals surface area contributed by atoms with Crippen LogP contribution in [0.25, 0.3) is 0 Å². The van der Waals surface area contributed by atoms with Gasteiger partial charge >= 0.3 is 0 Å². The molecule has 0 aromatic heterocycles. The number of halogens is 1. The lowest BCUT2D eigenvalue weighted by Crippen LogP contribution is -2.25. The van der Waals surface area contributed by atoms with Gasteiger partial charge in [-0.3, -0.25) is 0 Å². The molecule has 2 rings (SSSR count). The molecular weight excluding hydrogens is 204 g/mol. The van der Waals surface area contributed by atoms with Crippen molar-refractivity contribution in [3.05, 3.63) is 0 Å². The van der Waals surface area contributed by atoms with Crippen LogP contribution in [-0.2, 0) is 4.74 Å². The predicted molar refractivity (Wildman–Crippen MR) is 49.0 cm³/mol. The van der Waals surface area contributed by atoms with E-state index in [1.807, 2.05) is 0 Å². The highest BCUT2D eigenvalue weighted by atomic mass is 79.9. The fourth-order valence-corrected chi connectivity index (χ4v) is 3.32. The maximum Gasteiger partial charge on any atom is 0.0552 e. The molecule has 1 saturated carbocycles. The van der Waals surface area contributed by atoms with Crippen molar-refractivity contribution in [2.75, 3.05) is 11.9 Å². The SMILES string of the molecule is CC1CC2(CCO1)CC2CBr. The Morgan fingerprint density at radius 2 is 2.36 bits per heavy atom. The van der Waals surface area contributed by atoms with Crippen molar-refractivity contribution in [3.8, 4) is 0 Å². The van der Waals surface area contributed by atoms with Gasteiger partial charge in [0.2, 0.25) is 0 Å². The van der Waals surface area contributed by atoms with Gasteiger partial charge < -0.3 is 4.74 Å². The highest BCUT2D eigenvalue weighted by Gasteiger charge is 2.54. The highest BCUT2D eigenvalue weighted by Crippen LogP contribution is 2.60. The summed E-state index contributed by atoms with van der Waals surface area (Å²) in [5.41, 5.74) is 0.696. The summed E-state index contributed by atoms with van der Waals surface area (Å²) in [6.45, 7) is 3.19. The third-order valence-electron chi connectivity index (χ3n) is 3.24. The van der Waals surface area contributed by atoms with Crippen molar-refractivity contribution in [3.63, 3.8) is 0 Å². The first-order valence-corrected chi connectivity index (χ1v) is 5.56. The van der Waals surface area contributed by atoms with Crippen LogP contribution in [0, 0.1) is 11.3 Å². The third-order valence-corrected chi connectivity index (χ3v) is 4.02. The second-order valence-electron chi connectivity index (χ2n) is 4.05. The van der Waals surface area contributed by atoms with Gasteiger partial charge in [0.15, 0.2) is 0 Å². The van der Waals surface area contributed by atoms with Gasteiger partial charge in [0.25, 0.3) is 0 Å². The van der Waals surface area contributed by atoms with Crippen molar-refractivity contribution in [1.82, 2.24) is 0 Å². The molecule has 1 saturated heterocycles. The minimum atomic E-state index is 0.507. The fraction of sp³-hybridized carbons (Fsp3) is 1.00. The Labute approximate surface area is 76.6 Å². The maximum atomic E-state index is 5.53. The van der Waals surface area contributed by atoms with Crippen LogP contribution in [0.15, 0.2) is 0 Å². The van der Waals surface area contributed by atoms with Gasteiger partial charge in [0, 0.05) is 11.9 Å². The molecule has 3 atom stereocenters. The normalized spacial score (nSPS) is 49.6. The van der Waals surface area contributed by atoms with Gasteiger partial charge in [0.1, 0.15) is 0 Å². The van der Waals surface area contributed by atoms with E-state index in [1.54, 1.807) is 0 Å². The molecule has 0 aromatic carbocycles. The Balaban J connectivity index is 1.95. The Morgan fingerprint density at radius 1 is 1.55 bits per heavy atom. The Morgan fingerprint density at radius 3 is 2.91 bits per heavy atom. The summed E-state index contributed by atoms with van der Waals surface area (Å²) in [7, 11) is 0. The molecule has 3 unspecified atom stereocenters. The van der Waals surface area contributed by atoms with Crippen LogP contribution < -0.4 is 0 Å². The Kier molecular flexibility index (Phi) is 2.00.